The summed E-state index contributed by atoms with van der Waals surface area (Å²) in [5.74, 6) is -0.282. The quantitative estimate of drug-likeness (QED) is 0.412. The number of hydrogen-bond acceptors (Lipinski definition) is 4. The second kappa shape index (κ2) is 7.88. The Kier molecular flexibility index (Phi) is 4.77. The van der Waals surface area contributed by atoms with Crippen molar-refractivity contribution in [3.8, 4) is 0 Å². The van der Waals surface area contributed by atoms with E-state index in [0.717, 1.165) is 10.8 Å². The summed E-state index contributed by atoms with van der Waals surface area (Å²) in [4.78, 5) is 32.7. The van der Waals surface area contributed by atoms with Crippen LogP contribution >= 0.6 is 0 Å². The first-order valence-corrected chi connectivity index (χ1v) is 9.92. The standard InChI is InChI=1S/C26H18N2O3/c29-25-19(17-31-23-13-7-6-12-22(23)25)16-28(20-9-2-1-3-10-20)26(30)24-21-11-5-4-8-18(21)14-15-27-24/h1-15,17H,16H2. The molecule has 0 aliphatic carbocycles. The molecule has 5 rings (SSSR count). The summed E-state index contributed by atoms with van der Waals surface area (Å²) in [6, 6.07) is 25.9. The largest absolute Gasteiger partial charge is 0.464 e. The van der Waals surface area contributed by atoms with Crippen LogP contribution < -0.4 is 10.3 Å². The maximum atomic E-state index is 13.7. The normalized spacial score (nSPS) is 11.0. The molecule has 1 amide bonds. The number of carbonyl (C=O) groups excluding carboxylic acids is 1. The lowest BCUT2D eigenvalue weighted by molar-refractivity contribution is 0.0982. The first-order valence-electron chi connectivity index (χ1n) is 9.92. The molecular formula is C26H18N2O3. The fraction of sp³-hybridized carbons (Fsp3) is 0.0385. The van der Waals surface area contributed by atoms with Crippen molar-refractivity contribution in [3.63, 3.8) is 0 Å². The molecule has 2 aromatic heterocycles. The van der Waals surface area contributed by atoms with Crippen molar-refractivity contribution < 1.29 is 9.21 Å². The monoisotopic (exact) mass is 406 g/mol. The van der Waals surface area contributed by atoms with Crippen LogP contribution in [-0.2, 0) is 6.54 Å². The maximum absolute atomic E-state index is 13.7. The third-order valence-electron chi connectivity index (χ3n) is 5.27. The van der Waals surface area contributed by atoms with E-state index < -0.39 is 0 Å². The van der Waals surface area contributed by atoms with Gasteiger partial charge in [-0.2, -0.15) is 0 Å². The predicted octanol–water partition coefficient (Wildman–Crippen LogP) is 5.19. The van der Waals surface area contributed by atoms with Crippen molar-refractivity contribution >= 4 is 33.3 Å². The number of benzene rings is 3. The maximum Gasteiger partial charge on any atom is 0.277 e. The minimum Gasteiger partial charge on any atom is -0.464 e. The van der Waals surface area contributed by atoms with Crippen LogP contribution in [0.4, 0.5) is 5.69 Å². The van der Waals surface area contributed by atoms with Gasteiger partial charge in [-0.25, -0.2) is 0 Å². The van der Waals surface area contributed by atoms with Crippen molar-refractivity contribution in [3.05, 3.63) is 119 Å². The molecule has 0 aliphatic heterocycles. The SMILES string of the molecule is O=C(c1nccc2ccccc12)N(Cc1coc2ccccc2c1=O)c1ccccc1. The smallest absolute Gasteiger partial charge is 0.277 e. The van der Waals surface area contributed by atoms with Gasteiger partial charge in [-0.15, -0.1) is 0 Å². The molecule has 0 bridgehead atoms. The third kappa shape index (κ3) is 3.46. The average Bonchev–Trinajstić information content (AvgIpc) is 2.83. The van der Waals surface area contributed by atoms with E-state index >= 15 is 0 Å². The van der Waals surface area contributed by atoms with Gasteiger partial charge in [0.25, 0.3) is 5.91 Å². The highest BCUT2D eigenvalue weighted by atomic mass is 16.3. The van der Waals surface area contributed by atoms with Crippen molar-refractivity contribution in [1.82, 2.24) is 4.98 Å². The van der Waals surface area contributed by atoms with Crippen LogP contribution in [0.2, 0.25) is 0 Å². The average molecular weight is 406 g/mol. The van der Waals surface area contributed by atoms with Crippen molar-refractivity contribution in [2.24, 2.45) is 0 Å². The molecule has 0 spiro atoms. The Balaban J connectivity index is 1.63. The lowest BCUT2D eigenvalue weighted by Crippen LogP contribution is -2.33. The second-order valence-corrected chi connectivity index (χ2v) is 7.19. The molecule has 0 aliphatic rings. The number of nitrogens with zero attached hydrogens (tertiary/aromatic N) is 2. The number of carbonyl (C=O) groups is 1. The summed E-state index contributed by atoms with van der Waals surface area (Å²) in [5, 5.41) is 2.18. The van der Waals surface area contributed by atoms with Gasteiger partial charge >= 0.3 is 0 Å². The number of amides is 1. The molecule has 5 nitrogen and oxygen atoms in total. The molecule has 2 heterocycles. The van der Waals surface area contributed by atoms with Crippen LogP contribution in [0.25, 0.3) is 21.7 Å². The Labute approximate surface area is 178 Å². The van der Waals surface area contributed by atoms with Crippen LogP contribution in [0.5, 0.6) is 0 Å². The Morgan fingerprint density at radius 2 is 1.55 bits per heavy atom. The van der Waals surface area contributed by atoms with Gasteiger partial charge in [0, 0.05) is 17.3 Å². The number of pyridine rings is 1. The zero-order chi connectivity index (χ0) is 21.2. The van der Waals surface area contributed by atoms with Crippen LogP contribution in [0, 0.1) is 0 Å². The van der Waals surface area contributed by atoms with E-state index in [0.29, 0.717) is 27.9 Å². The first kappa shape index (κ1) is 18.8. The van der Waals surface area contributed by atoms with Gasteiger partial charge in [0.2, 0.25) is 0 Å². The van der Waals surface area contributed by atoms with Gasteiger partial charge < -0.3 is 9.32 Å². The molecule has 0 atom stereocenters. The summed E-state index contributed by atoms with van der Waals surface area (Å²) in [6.45, 7) is 0.0704. The van der Waals surface area contributed by atoms with Crippen molar-refractivity contribution in [1.29, 1.82) is 0 Å². The van der Waals surface area contributed by atoms with Gasteiger partial charge in [0.1, 0.15) is 11.3 Å². The van der Waals surface area contributed by atoms with E-state index in [1.165, 1.54) is 6.26 Å². The Bertz CT molecular complexity index is 1450. The van der Waals surface area contributed by atoms with Gasteiger partial charge in [-0.3, -0.25) is 14.6 Å². The van der Waals surface area contributed by atoms with Crippen LogP contribution in [0.1, 0.15) is 16.1 Å². The zero-order valence-corrected chi connectivity index (χ0v) is 16.6. The molecule has 3 aromatic carbocycles. The van der Waals surface area contributed by atoms with Crippen LogP contribution in [0.3, 0.4) is 0 Å². The number of para-hydroxylation sites is 2. The lowest BCUT2D eigenvalue weighted by atomic mass is 10.1. The topological polar surface area (TPSA) is 63.4 Å². The molecule has 31 heavy (non-hydrogen) atoms. The number of fused-ring (bicyclic) bond motifs is 2. The summed E-state index contributed by atoms with van der Waals surface area (Å²) in [7, 11) is 0. The molecule has 5 aromatic rings. The fourth-order valence-corrected chi connectivity index (χ4v) is 3.70. The predicted molar refractivity (Wildman–Crippen MR) is 121 cm³/mol. The number of rotatable bonds is 4. The molecule has 0 radical (unpaired) electrons. The highest BCUT2D eigenvalue weighted by Crippen LogP contribution is 2.23. The summed E-state index contributed by atoms with van der Waals surface area (Å²) < 4.78 is 5.66. The van der Waals surface area contributed by atoms with E-state index in [-0.39, 0.29) is 17.9 Å². The molecule has 0 saturated heterocycles. The lowest BCUT2D eigenvalue weighted by Gasteiger charge is -2.23. The van der Waals surface area contributed by atoms with Crippen LogP contribution in [0.15, 0.2) is 107 Å². The fourth-order valence-electron chi connectivity index (χ4n) is 3.70. The molecule has 150 valence electrons. The van der Waals surface area contributed by atoms with Gasteiger partial charge in [0.05, 0.1) is 23.8 Å². The molecular weight excluding hydrogens is 388 g/mol. The Morgan fingerprint density at radius 1 is 0.839 bits per heavy atom. The summed E-state index contributed by atoms with van der Waals surface area (Å²) in [6.07, 6.45) is 3.06. The number of hydrogen-bond donors (Lipinski definition) is 0. The Hall–Kier alpha value is -4.25. The van der Waals surface area contributed by atoms with Crippen molar-refractivity contribution in [2.45, 2.75) is 6.54 Å². The van der Waals surface area contributed by atoms with E-state index in [9.17, 15) is 9.59 Å². The Morgan fingerprint density at radius 3 is 2.39 bits per heavy atom. The molecule has 0 unspecified atom stereocenters. The van der Waals surface area contributed by atoms with E-state index in [2.05, 4.69) is 4.98 Å². The highest BCUT2D eigenvalue weighted by Gasteiger charge is 2.23. The molecule has 0 fully saturated rings. The third-order valence-corrected chi connectivity index (χ3v) is 5.27. The zero-order valence-electron chi connectivity index (χ0n) is 16.6. The number of anilines is 1. The first-order chi connectivity index (χ1) is 15.2. The highest BCUT2D eigenvalue weighted by molar-refractivity contribution is 6.12. The number of aromatic nitrogens is 1. The van der Waals surface area contributed by atoms with Gasteiger partial charge in [-0.1, -0.05) is 54.6 Å². The molecule has 0 N–H and O–H groups in total. The minimum atomic E-state index is -0.282. The minimum absolute atomic E-state index is 0.0704. The summed E-state index contributed by atoms with van der Waals surface area (Å²) in [5.41, 5.74) is 1.78. The summed E-state index contributed by atoms with van der Waals surface area (Å²) >= 11 is 0. The second-order valence-electron chi connectivity index (χ2n) is 7.19. The van der Waals surface area contributed by atoms with Crippen LogP contribution in [-0.4, -0.2) is 10.9 Å². The molecule has 0 saturated carbocycles. The van der Waals surface area contributed by atoms with E-state index in [1.807, 2.05) is 66.7 Å². The van der Waals surface area contributed by atoms with Gasteiger partial charge in [0.15, 0.2) is 5.43 Å². The van der Waals surface area contributed by atoms with Gasteiger partial charge in [-0.05, 0) is 35.7 Å². The molecule has 5 heteroatoms. The van der Waals surface area contributed by atoms with Crippen molar-refractivity contribution in [2.75, 3.05) is 4.90 Å². The van der Waals surface area contributed by atoms with E-state index in [4.69, 9.17) is 4.42 Å². The van der Waals surface area contributed by atoms with E-state index in [1.54, 1.807) is 29.3 Å².